The molecule has 0 bridgehead atoms. The van der Waals surface area contributed by atoms with E-state index in [1.54, 1.807) is 31.2 Å². The SMILES string of the molecule is C[C@H](Oc1ccc(Cl)cc1)C(=O)NC[C@@H]1COc2ccccc2O1. The minimum absolute atomic E-state index is 0.215. The summed E-state index contributed by atoms with van der Waals surface area (Å²) in [6.45, 7) is 2.43. The van der Waals surface area contributed by atoms with Crippen LogP contribution in [-0.2, 0) is 4.79 Å². The van der Waals surface area contributed by atoms with Gasteiger partial charge in [-0.3, -0.25) is 4.79 Å². The van der Waals surface area contributed by atoms with Gasteiger partial charge in [-0.1, -0.05) is 23.7 Å². The molecule has 0 radical (unpaired) electrons. The Labute approximate surface area is 145 Å². The summed E-state index contributed by atoms with van der Waals surface area (Å²) in [5, 5.41) is 3.44. The number of fused-ring (bicyclic) bond motifs is 1. The zero-order valence-electron chi connectivity index (χ0n) is 13.2. The number of ether oxygens (including phenoxy) is 3. The number of hydrogen-bond donors (Lipinski definition) is 1. The van der Waals surface area contributed by atoms with Crippen LogP contribution in [0.2, 0.25) is 5.02 Å². The third kappa shape index (κ3) is 4.11. The Balaban J connectivity index is 1.48. The summed E-state index contributed by atoms with van der Waals surface area (Å²) in [4.78, 5) is 12.1. The lowest BCUT2D eigenvalue weighted by Crippen LogP contribution is -2.44. The number of nitrogens with one attached hydrogen (secondary N) is 1. The molecule has 1 amide bonds. The van der Waals surface area contributed by atoms with Gasteiger partial charge in [0.05, 0.1) is 6.54 Å². The third-order valence-electron chi connectivity index (χ3n) is 3.57. The number of hydrogen-bond acceptors (Lipinski definition) is 4. The molecule has 6 heteroatoms. The van der Waals surface area contributed by atoms with Gasteiger partial charge in [-0.05, 0) is 43.3 Å². The van der Waals surface area contributed by atoms with Crippen molar-refractivity contribution >= 4 is 17.5 Å². The van der Waals surface area contributed by atoms with Gasteiger partial charge in [0, 0.05) is 5.02 Å². The Hall–Kier alpha value is -2.40. The Morgan fingerprint density at radius 3 is 2.71 bits per heavy atom. The molecule has 1 heterocycles. The van der Waals surface area contributed by atoms with Crippen LogP contribution < -0.4 is 19.5 Å². The van der Waals surface area contributed by atoms with Crippen molar-refractivity contribution in [3.8, 4) is 17.2 Å². The number of amides is 1. The molecule has 2 aromatic carbocycles. The molecule has 0 aliphatic carbocycles. The van der Waals surface area contributed by atoms with Crippen molar-refractivity contribution in [1.82, 2.24) is 5.32 Å². The molecule has 3 rings (SSSR count). The van der Waals surface area contributed by atoms with Crippen LogP contribution in [-0.4, -0.2) is 31.3 Å². The second-order valence-electron chi connectivity index (χ2n) is 5.46. The fraction of sp³-hybridized carbons (Fsp3) is 0.278. The Morgan fingerprint density at radius 1 is 1.25 bits per heavy atom. The first-order chi connectivity index (χ1) is 11.6. The summed E-state index contributed by atoms with van der Waals surface area (Å²) in [6.07, 6.45) is -0.852. The van der Waals surface area contributed by atoms with E-state index in [-0.39, 0.29) is 12.0 Å². The minimum atomic E-state index is -0.622. The highest BCUT2D eigenvalue weighted by Gasteiger charge is 2.22. The van der Waals surface area contributed by atoms with E-state index in [4.69, 9.17) is 25.8 Å². The van der Waals surface area contributed by atoms with E-state index in [0.717, 1.165) is 5.75 Å². The number of para-hydroxylation sites is 2. The molecule has 0 saturated carbocycles. The van der Waals surface area contributed by atoms with Crippen LogP contribution in [0.3, 0.4) is 0 Å². The highest BCUT2D eigenvalue weighted by molar-refractivity contribution is 6.30. The second-order valence-corrected chi connectivity index (χ2v) is 5.89. The molecular formula is C18H18ClNO4. The molecule has 1 aliphatic rings. The smallest absolute Gasteiger partial charge is 0.260 e. The molecule has 2 atom stereocenters. The maximum atomic E-state index is 12.1. The summed E-state index contributed by atoms with van der Waals surface area (Å²) in [7, 11) is 0. The molecule has 126 valence electrons. The molecular weight excluding hydrogens is 330 g/mol. The van der Waals surface area contributed by atoms with Crippen LogP contribution in [0.4, 0.5) is 0 Å². The van der Waals surface area contributed by atoms with Crippen molar-refractivity contribution in [2.24, 2.45) is 0 Å². The maximum absolute atomic E-state index is 12.1. The summed E-state index contributed by atoms with van der Waals surface area (Å²) in [6, 6.07) is 14.3. The highest BCUT2D eigenvalue weighted by atomic mass is 35.5. The van der Waals surface area contributed by atoms with Crippen LogP contribution in [0.5, 0.6) is 17.2 Å². The van der Waals surface area contributed by atoms with Gasteiger partial charge in [-0.25, -0.2) is 0 Å². The quantitative estimate of drug-likeness (QED) is 0.903. The van der Waals surface area contributed by atoms with Gasteiger partial charge in [0.25, 0.3) is 5.91 Å². The first-order valence-electron chi connectivity index (χ1n) is 7.70. The predicted molar refractivity (Wildman–Crippen MR) is 90.9 cm³/mol. The summed E-state index contributed by atoms with van der Waals surface area (Å²) < 4.78 is 17.0. The van der Waals surface area contributed by atoms with Gasteiger partial charge in [0.2, 0.25) is 0 Å². The summed E-state index contributed by atoms with van der Waals surface area (Å²) in [5.74, 6) is 1.79. The molecule has 0 unspecified atom stereocenters. The fourth-order valence-electron chi connectivity index (χ4n) is 2.29. The van der Waals surface area contributed by atoms with Gasteiger partial charge in [0.15, 0.2) is 17.6 Å². The van der Waals surface area contributed by atoms with Crippen molar-refractivity contribution in [2.75, 3.05) is 13.2 Å². The van der Waals surface area contributed by atoms with Crippen LogP contribution in [0.1, 0.15) is 6.92 Å². The average Bonchev–Trinajstić information content (AvgIpc) is 2.61. The lowest BCUT2D eigenvalue weighted by atomic mass is 10.2. The third-order valence-corrected chi connectivity index (χ3v) is 3.82. The zero-order chi connectivity index (χ0) is 16.9. The molecule has 0 aromatic heterocycles. The zero-order valence-corrected chi connectivity index (χ0v) is 14.0. The van der Waals surface area contributed by atoms with Crippen LogP contribution in [0, 0.1) is 0 Å². The van der Waals surface area contributed by atoms with E-state index in [1.165, 1.54) is 0 Å². The van der Waals surface area contributed by atoms with E-state index < -0.39 is 6.10 Å². The number of carbonyl (C=O) groups excluding carboxylic acids is 1. The Morgan fingerprint density at radius 2 is 1.96 bits per heavy atom. The second kappa shape index (κ2) is 7.45. The van der Waals surface area contributed by atoms with Crippen LogP contribution in [0.25, 0.3) is 0 Å². The van der Waals surface area contributed by atoms with E-state index in [0.29, 0.717) is 29.7 Å². The van der Waals surface area contributed by atoms with Crippen molar-refractivity contribution in [2.45, 2.75) is 19.1 Å². The topological polar surface area (TPSA) is 56.8 Å². The largest absolute Gasteiger partial charge is 0.486 e. The summed E-state index contributed by atoms with van der Waals surface area (Å²) >= 11 is 5.82. The average molecular weight is 348 g/mol. The predicted octanol–water partition coefficient (Wildman–Crippen LogP) is 3.06. The standard InChI is InChI=1S/C18H18ClNO4/c1-12(23-14-8-6-13(19)7-9-14)18(21)20-10-15-11-22-16-4-2-3-5-17(16)24-15/h2-9,12,15H,10-11H2,1H3,(H,20,21)/t12-,15+/m0/s1. The lowest BCUT2D eigenvalue weighted by molar-refractivity contribution is -0.127. The van der Waals surface area contributed by atoms with Crippen LogP contribution >= 0.6 is 11.6 Å². The summed E-state index contributed by atoms with van der Waals surface area (Å²) in [5.41, 5.74) is 0. The molecule has 1 aliphatic heterocycles. The van der Waals surface area contributed by atoms with Gasteiger partial charge in [0.1, 0.15) is 18.5 Å². The van der Waals surface area contributed by atoms with Crippen molar-refractivity contribution in [3.05, 3.63) is 53.6 Å². The molecule has 5 nitrogen and oxygen atoms in total. The molecule has 0 saturated heterocycles. The van der Waals surface area contributed by atoms with Crippen LogP contribution in [0.15, 0.2) is 48.5 Å². The lowest BCUT2D eigenvalue weighted by Gasteiger charge is -2.27. The van der Waals surface area contributed by atoms with Gasteiger partial charge in [-0.2, -0.15) is 0 Å². The van der Waals surface area contributed by atoms with Gasteiger partial charge in [-0.15, -0.1) is 0 Å². The van der Waals surface area contributed by atoms with Gasteiger partial charge >= 0.3 is 0 Å². The first-order valence-corrected chi connectivity index (χ1v) is 8.08. The van der Waals surface area contributed by atoms with E-state index in [2.05, 4.69) is 5.32 Å². The molecule has 0 spiro atoms. The molecule has 2 aromatic rings. The fourth-order valence-corrected chi connectivity index (χ4v) is 2.42. The maximum Gasteiger partial charge on any atom is 0.260 e. The highest BCUT2D eigenvalue weighted by Crippen LogP contribution is 2.30. The van der Waals surface area contributed by atoms with Crippen molar-refractivity contribution in [3.63, 3.8) is 0 Å². The Bertz CT molecular complexity index is 704. The molecule has 24 heavy (non-hydrogen) atoms. The number of benzene rings is 2. The first kappa shape index (κ1) is 16.5. The number of rotatable bonds is 5. The molecule has 0 fully saturated rings. The Kier molecular flexibility index (Phi) is 5.11. The van der Waals surface area contributed by atoms with Crippen molar-refractivity contribution in [1.29, 1.82) is 0 Å². The van der Waals surface area contributed by atoms with Crippen molar-refractivity contribution < 1.29 is 19.0 Å². The van der Waals surface area contributed by atoms with E-state index in [9.17, 15) is 4.79 Å². The monoisotopic (exact) mass is 347 g/mol. The normalized spacial score (nSPS) is 17.0. The van der Waals surface area contributed by atoms with E-state index in [1.807, 2.05) is 24.3 Å². The number of halogens is 1. The molecule has 1 N–H and O–H groups in total. The van der Waals surface area contributed by atoms with E-state index >= 15 is 0 Å². The minimum Gasteiger partial charge on any atom is -0.486 e. The number of carbonyl (C=O) groups is 1. The van der Waals surface area contributed by atoms with Gasteiger partial charge < -0.3 is 19.5 Å².